The third-order valence-electron chi connectivity index (χ3n) is 6.09. The number of carbonyl (C=O) groups excluding carboxylic acids is 2. The molecule has 2 aromatic carbocycles. The number of carbonyl (C=O) groups is 2. The first-order valence-electron chi connectivity index (χ1n) is 12.3. The zero-order valence-corrected chi connectivity index (χ0v) is 22.8. The van der Waals surface area contributed by atoms with Crippen molar-refractivity contribution in [2.45, 2.75) is 50.8 Å². The zero-order chi connectivity index (χ0) is 29.0. The van der Waals surface area contributed by atoms with Crippen molar-refractivity contribution in [3.8, 4) is 0 Å². The molecule has 3 aromatic rings. The monoisotopic (exact) mass is 572 g/mol. The van der Waals surface area contributed by atoms with Gasteiger partial charge in [0.1, 0.15) is 18.7 Å². The number of aryl methyl sites for hydroxylation is 1. The number of ether oxygens (including phenoxy) is 1. The number of nitro benzene ring substituents is 1. The van der Waals surface area contributed by atoms with Crippen LogP contribution in [0.3, 0.4) is 0 Å². The molecule has 212 valence electrons. The van der Waals surface area contributed by atoms with Gasteiger partial charge >= 0.3 is 0 Å². The van der Waals surface area contributed by atoms with Crippen LogP contribution in [0.1, 0.15) is 37.6 Å². The van der Waals surface area contributed by atoms with E-state index < -0.39 is 32.9 Å². The predicted octanol–water partition coefficient (Wildman–Crippen LogP) is 1.37. The summed E-state index contributed by atoms with van der Waals surface area (Å²) in [7, 11) is -4.12. The topological polar surface area (TPSA) is 179 Å². The van der Waals surface area contributed by atoms with Crippen LogP contribution in [0.2, 0.25) is 0 Å². The quantitative estimate of drug-likeness (QED) is 0.225. The van der Waals surface area contributed by atoms with Gasteiger partial charge in [-0.1, -0.05) is 17.7 Å². The standard InChI is InChI=1S/C25H28N6O8S/c1-16(2)30-21(24(39-28-30)27-40(36,37)20-10-4-17(3)5-11-20)15-29-12-13-38-22(25(29)33)14-23(32)26-18-6-8-19(9-7-18)31(34)35/h4-11,16,22H,12-15H2,1-3H3,(H,26,32)/b27-24+. The summed E-state index contributed by atoms with van der Waals surface area (Å²) < 4.78 is 42.0. The Labute approximate surface area is 229 Å². The Bertz CT molecular complexity index is 1580. The van der Waals surface area contributed by atoms with Crippen molar-refractivity contribution in [2.24, 2.45) is 4.40 Å². The van der Waals surface area contributed by atoms with Gasteiger partial charge in [0, 0.05) is 24.4 Å². The highest BCUT2D eigenvalue weighted by Gasteiger charge is 2.34. The molecule has 0 saturated carbocycles. The van der Waals surface area contributed by atoms with E-state index in [2.05, 4.69) is 15.0 Å². The van der Waals surface area contributed by atoms with Crippen LogP contribution in [0.4, 0.5) is 11.4 Å². The average molecular weight is 573 g/mol. The SMILES string of the molecule is Cc1ccc(S(=O)(=O)/N=c2/o[n-][n+](C(C)C)c2CN2CCOC(CC(=O)Nc3ccc([N+](=O)[O-])cc3)C2=O)cc1. The van der Waals surface area contributed by atoms with Gasteiger partial charge in [0.15, 0.2) is 0 Å². The average Bonchev–Trinajstić information content (AvgIpc) is 3.28. The molecule has 2 amide bonds. The van der Waals surface area contributed by atoms with E-state index in [1.54, 1.807) is 12.1 Å². The molecule has 15 heteroatoms. The molecule has 1 aliphatic rings. The molecule has 1 aliphatic heterocycles. The number of nitrogens with zero attached hydrogens (tertiary/aromatic N) is 5. The lowest BCUT2D eigenvalue weighted by molar-refractivity contribution is -0.790. The molecular weight excluding hydrogens is 544 g/mol. The van der Waals surface area contributed by atoms with Crippen LogP contribution >= 0.6 is 0 Å². The summed E-state index contributed by atoms with van der Waals surface area (Å²) in [5.74, 6) is -0.995. The molecule has 4 rings (SSSR count). The second kappa shape index (κ2) is 11.8. The molecule has 1 saturated heterocycles. The summed E-state index contributed by atoms with van der Waals surface area (Å²) in [6, 6.07) is 11.2. The number of hydrogen-bond donors (Lipinski definition) is 1. The van der Waals surface area contributed by atoms with Crippen LogP contribution in [0, 0.1) is 17.0 Å². The number of rotatable bonds is 9. The minimum atomic E-state index is -4.12. The van der Waals surface area contributed by atoms with Crippen LogP contribution in [-0.4, -0.2) is 49.3 Å². The van der Waals surface area contributed by atoms with Crippen LogP contribution in [0.15, 0.2) is 62.3 Å². The molecule has 0 spiro atoms. The van der Waals surface area contributed by atoms with Gasteiger partial charge < -0.3 is 19.5 Å². The summed E-state index contributed by atoms with van der Waals surface area (Å²) in [5.41, 5.74) is 1.12. The van der Waals surface area contributed by atoms with E-state index in [1.165, 1.54) is 46.0 Å². The number of nitrogens with one attached hydrogen (secondary N) is 1. The van der Waals surface area contributed by atoms with Gasteiger partial charge in [-0.05, 0) is 45.0 Å². The van der Waals surface area contributed by atoms with Crippen molar-refractivity contribution in [1.29, 1.82) is 0 Å². The Morgan fingerprint density at radius 3 is 2.52 bits per heavy atom. The Balaban J connectivity index is 1.52. The minimum Gasteiger partial charge on any atom is -0.486 e. The molecular formula is C25H28N6O8S. The lowest BCUT2D eigenvalue weighted by Gasteiger charge is -2.31. The molecule has 1 atom stereocenters. The number of nitro groups is 1. The van der Waals surface area contributed by atoms with Crippen molar-refractivity contribution >= 4 is 33.2 Å². The molecule has 0 bridgehead atoms. The molecule has 14 nitrogen and oxygen atoms in total. The smallest absolute Gasteiger partial charge is 0.289 e. The van der Waals surface area contributed by atoms with Crippen LogP contribution in [-0.2, 0) is 30.9 Å². The van der Waals surface area contributed by atoms with Crippen molar-refractivity contribution < 1.29 is 36.9 Å². The number of sulfonamides is 1. The summed E-state index contributed by atoms with van der Waals surface area (Å²) >= 11 is 0. The second-order valence-corrected chi connectivity index (χ2v) is 11.0. The number of benzene rings is 2. The van der Waals surface area contributed by atoms with E-state index in [-0.39, 0.29) is 54.0 Å². The molecule has 1 unspecified atom stereocenters. The van der Waals surface area contributed by atoms with E-state index in [4.69, 9.17) is 9.26 Å². The predicted molar refractivity (Wildman–Crippen MR) is 138 cm³/mol. The largest absolute Gasteiger partial charge is 0.486 e. The number of non-ortho nitro benzene ring substituents is 1. The van der Waals surface area contributed by atoms with E-state index in [9.17, 15) is 28.1 Å². The Morgan fingerprint density at radius 2 is 1.90 bits per heavy atom. The van der Waals surface area contributed by atoms with Crippen LogP contribution in [0.25, 0.3) is 0 Å². The van der Waals surface area contributed by atoms with Gasteiger partial charge in [0.05, 0.1) is 22.8 Å². The summed E-state index contributed by atoms with van der Waals surface area (Å²) in [4.78, 5) is 37.5. The number of morpholine rings is 1. The Hall–Kier alpha value is -4.37. The lowest BCUT2D eigenvalue weighted by Crippen LogP contribution is -2.52. The molecule has 1 aromatic heterocycles. The van der Waals surface area contributed by atoms with Crippen molar-refractivity contribution in [1.82, 2.24) is 10.2 Å². The first-order valence-corrected chi connectivity index (χ1v) is 13.8. The molecule has 0 aliphatic carbocycles. The van der Waals surface area contributed by atoms with Gasteiger partial charge in [0.2, 0.25) is 5.91 Å². The maximum Gasteiger partial charge on any atom is 0.289 e. The van der Waals surface area contributed by atoms with Crippen molar-refractivity contribution in [3.63, 3.8) is 0 Å². The van der Waals surface area contributed by atoms with Gasteiger partial charge in [-0.2, -0.15) is 8.42 Å². The molecule has 1 N–H and O–H groups in total. The van der Waals surface area contributed by atoms with Crippen molar-refractivity contribution in [2.75, 3.05) is 18.5 Å². The fraction of sp³-hybridized carbons (Fsp3) is 0.360. The molecule has 40 heavy (non-hydrogen) atoms. The van der Waals surface area contributed by atoms with E-state index >= 15 is 0 Å². The highest BCUT2D eigenvalue weighted by molar-refractivity contribution is 7.90. The van der Waals surface area contributed by atoms with Crippen LogP contribution in [0.5, 0.6) is 0 Å². The van der Waals surface area contributed by atoms with Gasteiger partial charge in [-0.15, -0.1) is 4.40 Å². The normalized spacial score (nSPS) is 16.4. The second-order valence-electron chi connectivity index (χ2n) is 9.42. The Kier molecular flexibility index (Phi) is 8.44. The number of amides is 2. The van der Waals surface area contributed by atoms with Gasteiger partial charge in [-0.3, -0.25) is 25.0 Å². The number of hydrogen-bond acceptors (Lipinski definition) is 8. The fourth-order valence-electron chi connectivity index (χ4n) is 3.99. The first-order chi connectivity index (χ1) is 18.9. The third kappa shape index (κ3) is 6.60. The number of aromatic nitrogens is 2. The number of anilines is 1. The first kappa shape index (κ1) is 28.6. The highest BCUT2D eigenvalue weighted by atomic mass is 32.2. The minimum absolute atomic E-state index is 0.0157. The lowest BCUT2D eigenvalue weighted by atomic mass is 10.1. The van der Waals surface area contributed by atoms with E-state index in [0.717, 1.165) is 5.56 Å². The maximum absolute atomic E-state index is 13.2. The molecule has 2 heterocycles. The van der Waals surface area contributed by atoms with Gasteiger partial charge in [-0.25, -0.2) is 4.68 Å². The third-order valence-corrected chi connectivity index (χ3v) is 7.36. The Morgan fingerprint density at radius 1 is 1.23 bits per heavy atom. The molecule has 1 fully saturated rings. The van der Waals surface area contributed by atoms with E-state index in [0.29, 0.717) is 5.69 Å². The maximum atomic E-state index is 13.2. The fourth-order valence-corrected chi connectivity index (χ4v) is 4.93. The summed E-state index contributed by atoms with van der Waals surface area (Å²) in [6.07, 6.45) is -1.38. The summed E-state index contributed by atoms with van der Waals surface area (Å²) in [6.45, 7) is 5.72. The van der Waals surface area contributed by atoms with E-state index in [1.807, 2.05) is 20.8 Å². The zero-order valence-electron chi connectivity index (χ0n) is 22.0. The molecule has 0 radical (unpaired) electrons. The van der Waals surface area contributed by atoms with Crippen LogP contribution < -0.4 is 20.8 Å². The van der Waals surface area contributed by atoms with Gasteiger partial charge in [0.25, 0.3) is 32.9 Å². The van der Waals surface area contributed by atoms with Crippen molar-refractivity contribution in [3.05, 3.63) is 75.5 Å². The summed E-state index contributed by atoms with van der Waals surface area (Å²) in [5, 5.41) is 17.3. The highest BCUT2D eigenvalue weighted by Crippen LogP contribution is 2.18.